The van der Waals surface area contributed by atoms with Gasteiger partial charge in [0.05, 0.1) is 6.42 Å². The second kappa shape index (κ2) is 9.02. The number of carbonyl (C=O) groups is 2. The van der Waals surface area contributed by atoms with E-state index in [1.54, 1.807) is 0 Å². The lowest BCUT2D eigenvalue weighted by molar-refractivity contribution is -0.139. The number of amides is 2. The number of piperazine rings is 1. The summed E-state index contributed by atoms with van der Waals surface area (Å²) in [6, 6.07) is 9.87. The fraction of sp³-hybridized carbons (Fsp3) is 0.619. The molecule has 4 heteroatoms. The Bertz CT molecular complexity index is 559. The highest BCUT2D eigenvalue weighted by Crippen LogP contribution is 2.27. The molecule has 1 aromatic carbocycles. The van der Waals surface area contributed by atoms with Gasteiger partial charge in [0.2, 0.25) is 11.8 Å². The monoisotopic (exact) mass is 342 g/mol. The van der Waals surface area contributed by atoms with E-state index in [9.17, 15) is 9.59 Å². The molecule has 1 aliphatic heterocycles. The number of rotatable bonds is 5. The van der Waals surface area contributed by atoms with Crippen molar-refractivity contribution in [3.8, 4) is 0 Å². The average Bonchev–Trinajstić information content (AvgIpc) is 2.68. The number of carbonyl (C=O) groups excluding carboxylic acids is 2. The van der Waals surface area contributed by atoms with Crippen LogP contribution in [-0.4, -0.2) is 47.8 Å². The van der Waals surface area contributed by atoms with Crippen molar-refractivity contribution >= 4 is 11.8 Å². The smallest absolute Gasteiger partial charge is 0.227 e. The van der Waals surface area contributed by atoms with Crippen LogP contribution in [0, 0.1) is 5.92 Å². The Hall–Kier alpha value is -1.84. The lowest BCUT2D eigenvalue weighted by atomic mass is 9.86. The van der Waals surface area contributed by atoms with Gasteiger partial charge in [0.25, 0.3) is 0 Å². The molecule has 0 aromatic heterocycles. The zero-order valence-corrected chi connectivity index (χ0v) is 15.2. The first-order valence-corrected chi connectivity index (χ1v) is 9.82. The molecule has 1 saturated heterocycles. The molecule has 0 N–H and O–H groups in total. The Morgan fingerprint density at radius 3 is 2.08 bits per heavy atom. The van der Waals surface area contributed by atoms with Gasteiger partial charge in [0, 0.05) is 32.6 Å². The summed E-state index contributed by atoms with van der Waals surface area (Å²) in [5, 5.41) is 0. The van der Waals surface area contributed by atoms with Crippen LogP contribution in [0.15, 0.2) is 30.3 Å². The molecule has 1 aromatic rings. The van der Waals surface area contributed by atoms with E-state index in [-0.39, 0.29) is 11.8 Å². The van der Waals surface area contributed by atoms with E-state index in [4.69, 9.17) is 0 Å². The summed E-state index contributed by atoms with van der Waals surface area (Å²) < 4.78 is 0. The molecule has 2 aliphatic rings. The maximum atomic E-state index is 12.4. The van der Waals surface area contributed by atoms with Crippen LogP contribution in [0.4, 0.5) is 0 Å². The Morgan fingerprint density at radius 2 is 1.44 bits per heavy atom. The van der Waals surface area contributed by atoms with Crippen LogP contribution in [-0.2, 0) is 16.0 Å². The van der Waals surface area contributed by atoms with Crippen LogP contribution >= 0.6 is 0 Å². The molecule has 136 valence electrons. The summed E-state index contributed by atoms with van der Waals surface area (Å²) in [6.45, 7) is 2.70. The molecule has 3 rings (SSSR count). The van der Waals surface area contributed by atoms with Crippen molar-refractivity contribution in [1.82, 2.24) is 9.80 Å². The maximum Gasteiger partial charge on any atom is 0.227 e. The van der Waals surface area contributed by atoms with Gasteiger partial charge in [-0.3, -0.25) is 9.59 Å². The van der Waals surface area contributed by atoms with Gasteiger partial charge in [-0.25, -0.2) is 0 Å². The molecule has 0 atom stereocenters. The van der Waals surface area contributed by atoms with Crippen LogP contribution in [0.1, 0.15) is 50.5 Å². The minimum atomic E-state index is 0.167. The second-order valence-electron chi connectivity index (χ2n) is 7.47. The standard InChI is InChI=1S/C21H30N2O2/c24-20(12-11-18-7-3-1-4-8-18)22-13-15-23(16-14-22)21(25)17-19-9-5-2-6-10-19/h2,5-6,9-10,18H,1,3-4,7-8,11-17H2. The first-order valence-electron chi connectivity index (χ1n) is 9.82. The molecule has 0 unspecified atom stereocenters. The van der Waals surface area contributed by atoms with E-state index in [0.717, 1.165) is 17.9 Å². The maximum absolute atomic E-state index is 12.4. The molecule has 2 fully saturated rings. The van der Waals surface area contributed by atoms with Gasteiger partial charge in [-0.2, -0.15) is 0 Å². The Morgan fingerprint density at radius 1 is 0.840 bits per heavy atom. The van der Waals surface area contributed by atoms with Gasteiger partial charge in [0.15, 0.2) is 0 Å². The highest BCUT2D eigenvalue weighted by molar-refractivity contribution is 5.80. The van der Waals surface area contributed by atoms with Gasteiger partial charge in [0.1, 0.15) is 0 Å². The molecule has 1 aliphatic carbocycles. The highest BCUT2D eigenvalue weighted by atomic mass is 16.2. The lowest BCUT2D eigenvalue weighted by Gasteiger charge is -2.35. The van der Waals surface area contributed by atoms with Crippen LogP contribution in [0.3, 0.4) is 0 Å². The molecular formula is C21H30N2O2. The largest absolute Gasteiger partial charge is 0.339 e. The Balaban J connectivity index is 1.38. The number of hydrogen-bond donors (Lipinski definition) is 0. The minimum Gasteiger partial charge on any atom is -0.339 e. The molecule has 0 bridgehead atoms. The third-order valence-electron chi connectivity index (χ3n) is 5.67. The first-order chi connectivity index (χ1) is 12.2. The normalized spacial score (nSPS) is 19.0. The molecule has 0 radical (unpaired) electrons. The van der Waals surface area contributed by atoms with E-state index >= 15 is 0 Å². The fourth-order valence-electron chi connectivity index (χ4n) is 4.05. The molecular weight excluding hydrogens is 312 g/mol. The van der Waals surface area contributed by atoms with Crippen LogP contribution in [0.2, 0.25) is 0 Å². The van der Waals surface area contributed by atoms with Gasteiger partial charge < -0.3 is 9.80 Å². The Kier molecular flexibility index (Phi) is 6.48. The lowest BCUT2D eigenvalue weighted by Crippen LogP contribution is -2.51. The third-order valence-corrected chi connectivity index (χ3v) is 5.67. The Labute approximate surface area is 151 Å². The number of benzene rings is 1. The van der Waals surface area contributed by atoms with Gasteiger partial charge >= 0.3 is 0 Å². The average molecular weight is 342 g/mol. The van der Waals surface area contributed by atoms with Crippen molar-refractivity contribution in [2.45, 2.75) is 51.4 Å². The van der Waals surface area contributed by atoms with Crippen molar-refractivity contribution in [3.05, 3.63) is 35.9 Å². The second-order valence-corrected chi connectivity index (χ2v) is 7.47. The topological polar surface area (TPSA) is 40.6 Å². The summed E-state index contributed by atoms with van der Waals surface area (Å²) in [6.07, 6.45) is 8.82. The van der Waals surface area contributed by atoms with Crippen LogP contribution in [0.5, 0.6) is 0 Å². The van der Waals surface area contributed by atoms with Crippen molar-refractivity contribution in [2.24, 2.45) is 5.92 Å². The highest BCUT2D eigenvalue weighted by Gasteiger charge is 2.24. The predicted octanol–water partition coefficient (Wildman–Crippen LogP) is 3.26. The fourth-order valence-corrected chi connectivity index (χ4v) is 4.05. The SMILES string of the molecule is O=C(CCC1CCCCC1)N1CCN(C(=O)Cc2ccccc2)CC1. The van der Waals surface area contributed by atoms with Crippen molar-refractivity contribution in [2.75, 3.05) is 26.2 Å². The minimum absolute atomic E-state index is 0.167. The molecule has 2 amide bonds. The molecule has 0 spiro atoms. The number of nitrogens with zero attached hydrogens (tertiary/aromatic N) is 2. The zero-order chi connectivity index (χ0) is 17.5. The summed E-state index contributed by atoms with van der Waals surface area (Å²) in [5.74, 6) is 1.20. The van der Waals surface area contributed by atoms with E-state index in [2.05, 4.69) is 0 Å². The quantitative estimate of drug-likeness (QED) is 0.824. The summed E-state index contributed by atoms with van der Waals surface area (Å²) in [5.41, 5.74) is 1.05. The first kappa shape index (κ1) is 18.0. The summed E-state index contributed by atoms with van der Waals surface area (Å²) >= 11 is 0. The van der Waals surface area contributed by atoms with E-state index < -0.39 is 0 Å². The van der Waals surface area contributed by atoms with E-state index in [0.29, 0.717) is 39.0 Å². The van der Waals surface area contributed by atoms with Crippen LogP contribution in [0.25, 0.3) is 0 Å². The number of hydrogen-bond acceptors (Lipinski definition) is 2. The summed E-state index contributed by atoms with van der Waals surface area (Å²) in [4.78, 5) is 28.7. The van der Waals surface area contributed by atoms with Gasteiger partial charge in [-0.1, -0.05) is 62.4 Å². The van der Waals surface area contributed by atoms with Crippen molar-refractivity contribution in [3.63, 3.8) is 0 Å². The molecule has 4 nitrogen and oxygen atoms in total. The van der Waals surface area contributed by atoms with Crippen molar-refractivity contribution in [1.29, 1.82) is 0 Å². The van der Waals surface area contributed by atoms with E-state index in [1.807, 2.05) is 40.1 Å². The van der Waals surface area contributed by atoms with E-state index in [1.165, 1.54) is 32.1 Å². The predicted molar refractivity (Wildman–Crippen MR) is 99.1 cm³/mol. The third kappa shape index (κ3) is 5.32. The molecule has 1 saturated carbocycles. The van der Waals surface area contributed by atoms with Crippen LogP contribution < -0.4 is 0 Å². The molecule has 25 heavy (non-hydrogen) atoms. The molecule has 1 heterocycles. The van der Waals surface area contributed by atoms with Gasteiger partial charge in [-0.15, -0.1) is 0 Å². The zero-order valence-electron chi connectivity index (χ0n) is 15.2. The summed E-state index contributed by atoms with van der Waals surface area (Å²) in [7, 11) is 0. The van der Waals surface area contributed by atoms with Crippen molar-refractivity contribution < 1.29 is 9.59 Å². The van der Waals surface area contributed by atoms with Gasteiger partial charge in [-0.05, 0) is 17.9 Å².